The normalized spacial score (nSPS) is 10.5. The Morgan fingerprint density at radius 2 is 2.04 bits per heavy atom. The standard InChI is InChI=1S/C16H16IN3O3/c1-23-15-8-11(2-7-14(15)21)9-19-20-16(22)10-18-13-5-3-12(17)4-6-13/h2-9,18,21H,10H2,1H3,(H,20,22)/b19-9+. The highest BCUT2D eigenvalue weighted by atomic mass is 127. The first-order valence-corrected chi connectivity index (χ1v) is 7.84. The topological polar surface area (TPSA) is 83.0 Å². The first kappa shape index (κ1) is 17.1. The molecule has 0 aromatic heterocycles. The summed E-state index contributed by atoms with van der Waals surface area (Å²) in [7, 11) is 1.47. The zero-order valence-electron chi connectivity index (χ0n) is 12.4. The maximum Gasteiger partial charge on any atom is 0.259 e. The van der Waals surface area contributed by atoms with Gasteiger partial charge in [0.1, 0.15) is 0 Å². The van der Waals surface area contributed by atoms with Crippen LogP contribution in [0.25, 0.3) is 0 Å². The highest BCUT2D eigenvalue weighted by Crippen LogP contribution is 2.25. The van der Waals surface area contributed by atoms with Crippen LogP contribution in [0.2, 0.25) is 0 Å². The van der Waals surface area contributed by atoms with Crippen LogP contribution in [0.1, 0.15) is 5.56 Å². The van der Waals surface area contributed by atoms with E-state index in [-0.39, 0.29) is 18.2 Å². The van der Waals surface area contributed by atoms with Crippen molar-refractivity contribution in [3.63, 3.8) is 0 Å². The van der Waals surface area contributed by atoms with Gasteiger partial charge in [0.2, 0.25) is 0 Å². The van der Waals surface area contributed by atoms with Crippen LogP contribution in [-0.4, -0.2) is 30.9 Å². The fraction of sp³-hybridized carbons (Fsp3) is 0.125. The van der Waals surface area contributed by atoms with Gasteiger partial charge in [0.15, 0.2) is 11.5 Å². The second-order valence-corrected chi connectivity index (χ2v) is 5.83. The van der Waals surface area contributed by atoms with Gasteiger partial charge in [0, 0.05) is 9.26 Å². The number of aromatic hydroxyl groups is 1. The van der Waals surface area contributed by atoms with E-state index in [9.17, 15) is 9.90 Å². The second-order valence-electron chi connectivity index (χ2n) is 4.58. The molecule has 0 fully saturated rings. The molecule has 0 spiro atoms. The fourth-order valence-corrected chi connectivity index (χ4v) is 2.10. The molecule has 120 valence electrons. The van der Waals surface area contributed by atoms with E-state index in [0.717, 1.165) is 9.26 Å². The first-order valence-electron chi connectivity index (χ1n) is 6.77. The molecule has 0 saturated heterocycles. The minimum atomic E-state index is -0.259. The Labute approximate surface area is 147 Å². The number of hydrazone groups is 1. The van der Waals surface area contributed by atoms with Gasteiger partial charge in [-0.05, 0) is 70.6 Å². The van der Waals surface area contributed by atoms with Crippen LogP contribution in [-0.2, 0) is 4.79 Å². The summed E-state index contributed by atoms with van der Waals surface area (Å²) >= 11 is 2.22. The second kappa shape index (κ2) is 8.37. The molecule has 0 radical (unpaired) electrons. The van der Waals surface area contributed by atoms with Crippen LogP contribution in [0.4, 0.5) is 5.69 Å². The third-order valence-corrected chi connectivity index (χ3v) is 3.62. The SMILES string of the molecule is COc1cc(/C=N/NC(=O)CNc2ccc(I)cc2)ccc1O. The fourth-order valence-electron chi connectivity index (χ4n) is 1.74. The Morgan fingerprint density at radius 1 is 1.30 bits per heavy atom. The minimum absolute atomic E-state index is 0.0513. The van der Waals surface area contributed by atoms with E-state index in [1.807, 2.05) is 24.3 Å². The van der Waals surface area contributed by atoms with E-state index in [2.05, 4.69) is 38.4 Å². The van der Waals surface area contributed by atoms with Gasteiger partial charge in [-0.3, -0.25) is 4.79 Å². The van der Waals surface area contributed by atoms with E-state index in [1.165, 1.54) is 19.4 Å². The van der Waals surface area contributed by atoms with Crippen molar-refractivity contribution in [1.82, 2.24) is 5.43 Å². The molecule has 7 heteroatoms. The van der Waals surface area contributed by atoms with Crippen LogP contribution in [0, 0.1) is 3.57 Å². The van der Waals surface area contributed by atoms with Gasteiger partial charge in [0.05, 0.1) is 19.9 Å². The predicted molar refractivity (Wildman–Crippen MR) is 98.0 cm³/mol. The summed E-state index contributed by atoms with van der Waals surface area (Å²) in [5.74, 6) is 0.140. The highest BCUT2D eigenvalue weighted by molar-refractivity contribution is 14.1. The number of halogens is 1. The third-order valence-electron chi connectivity index (χ3n) is 2.90. The summed E-state index contributed by atoms with van der Waals surface area (Å²) in [6, 6.07) is 12.5. The molecule has 0 bridgehead atoms. The van der Waals surface area contributed by atoms with Gasteiger partial charge in [-0.15, -0.1) is 0 Å². The molecule has 2 aromatic carbocycles. The van der Waals surface area contributed by atoms with Crippen molar-refractivity contribution in [2.75, 3.05) is 19.0 Å². The molecular weight excluding hydrogens is 409 g/mol. The Bertz CT molecular complexity index is 702. The zero-order chi connectivity index (χ0) is 16.7. The van der Waals surface area contributed by atoms with Gasteiger partial charge >= 0.3 is 0 Å². The van der Waals surface area contributed by atoms with Gasteiger partial charge in [0.25, 0.3) is 5.91 Å². The number of phenolic OH excluding ortho intramolecular Hbond substituents is 1. The molecule has 0 saturated carbocycles. The maximum absolute atomic E-state index is 11.7. The molecular formula is C16H16IN3O3. The molecule has 23 heavy (non-hydrogen) atoms. The predicted octanol–water partition coefficient (Wildman–Crippen LogP) is 2.57. The van der Waals surface area contributed by atoms with Crippen molar-refractivity contribution in [3.8, 4) is 11.5 Å². The lowest BCUT2D eigenvalue weighted by Gasteiger charge is -2.05. The lowest BCUT2D eigenvalue weighted by Crippen LogP contribution is -2.25. The summed E-state index contributed by atoms with van der Waals surface area (Å²) < 4.78 is 6.13. The molecule has 0 heterocycles. The molecule has 0 aliphatic carbocycles. The minimum Gasteiger partial charge on any atom is -0.504 e. The van der Waals surface area contributed by atoms with E-state index < -0.39 is 0 Å². The van der Waals surface area contributed by atoms with E-state index in [0.29, 0.717) is 11.3 Å². The van der Waals surface area contributed by atoms with E-state index in [4.69, 9.17) is 4.74 Å². The Hall–Kier alpha value is -2.29. The number of amides is 1. The molecule has 0 aliphatic rings. The number of rotatable bonds is 6. The van der Waals surface area contributed by atoms with Crippen LogP contribution >= 0.6 is 22.6 Å². The summed E-state index contributed by atoms with van der Waals surface area (Å²) in [6.45, 7) is 0.122. The molecule has 0 unspecified atom stereocenters. The van der Waals surface area contributed by atoms with Crippen LogP contribution in [0.15, 0.2) is 47.6 Å². The number of carbonyl (C=O) groups is 1. The molecule has 6 nitrogen and oxygen atoms in total. The summed E-state index contributed by atoms with van der Waals surface area (Å²) in [5, 5.41) is 16.4. The smallest absolute Gasteiger partial charge is 0.259 e. The van der Waals surface area contributed by atoms with Crippen molar-refractivity contribution in [2.45, 2.75) is 0 Å². The number of hydrogen-bond acceptors (Lipinski definition) is 5. The number of nitrogens with zero attached hydrogens (tertiary/aromatic N) is 1. The van der Waals surface area contributed by atoms with E-state index >= 15 is 0 Å². The highest BCUT2D eigenvalue weighted by Gasteiger charge is 2.02. The Kier molecular flexibility index (Phi) is 6.21. The Morgan fingerprint density at radius 3 is 2.74 bits per heavy atom. The van der Waals surface area contributed by atoms with Gasteiger partial charge < -0.3 is 15.2 Å². The average molecular weight is 425 g/mol. The molecule has 0 atom stereocenters. The average Bonchev–Trinajstić information content (AvgIpc) is 2.56. The van der Waals surface area contributed by atoms with Crippen molar-refractivity contribution in [1.29, 1.82) is 0 Å². The quantitative estimate of drug-likeness (QED) is 0.378. The van der Waals surface area contributed by atoms with Crippen LogP contribution in [0.5, 0.6) is 11.5 Å². The largest absolute Gasteiger partial charge is 0.504 e. The number of nitrogens with one attached hydrogen (secondary N) is 2. The lowest BCUT2D eigenvalue weighted by atomic mass is 10.2. The molecule has 1 amide bonds. The summed E-state index contributed by atoms with van der Waals surface area (Å²) in [4.78, 5) is 11.7. The first-order chi connectivity index (χ1) is 11.1. The van der Waals surface area contributed by atoms with Crippen molar-refractivity contribution < 1.29 is 14.6 Å². The van der Waals surface area contributed by atoms with Crippen LogP contribution < -0.4 is 15.5 Å². The van der Waals surface area contributed by atoms with Crippen molar-refractivity contribution >= 4 is 40.4 Å². The molecule has 2 aromatic rings. The number of hydrogen-bond donors (Lipinski definition) is 3. The lowest BCUT2D eigenvalue weighted by molar-refractivity contribution is -0.119. The molecule has 2 rings (SSSR count). The van der Waals surface area contributed by atoms with Gasteiger partial charge in [-0.2, -0.15) is 5.10 Å². The van der Waals surface area contributed by atoms with Gasteiger partial charge in [-0.25, -0.2) is 5.43 Å². The van der Waals surface area contributed by atoms with Crippen LogP contribution in [0.3, 0.4) is 0 Å². The van der Waals surface area contributed by atoms with E-state index in [1.54, 1.807) is 12.1 Å². The number of benzene rings is 2. The monoisotopic (exact) mass is 425 g/mol. The van der Waals surface area contributed by atoms with Crippen molar-refractivity contribution in [2.24, 2.45) is 5.10 Å². The third kappa shape index (κ3) is 5.44. The number of anilines is 1. The maximum atomic E-state index is 11.7. The number of carbonyl (C=O) groups excluding carboxylic acids is 1. The summed E-state index contributed by atoms with van der Waals surface area (Å²) in [5.41, 5.74) is 4.00. The molecule has 0 aliphatic heterocycles. The molecule has 3 N–H and O–H groups in total. The van der Waals surface area contributed by atoms with Gasteiger partial charge in [-0.1, -0.05) is 0 Å². The summed E-state index contributed by atoms with van der Waals surface area (Å²) in [6.07, 6.45) is 1.48. The number of ether oxygens (including phenoxy) is 1. The Balaban J connectivity index is 1.82. The number of methoxy groups -OCH3 is 1. The van der Waals surface area contributed by atoms with Crippen molar-refractivity contribution in [3.05, 3.63) is 51.6 Å². The number of phenols is 1. The zero-order valence-corrected chi connectivity index (χ0v) is 14.6.